The van der Waals surface area contributed by atoms with Gasteiger partial charge in [0.2, 0.25) is 0 Å². The lowest BCUT2D eigenvalue weighted by molar-refractivity contribution is 0.0951. The van der Waals surface area contributed by atoms with Crippen LogP contribution < -0.4 is 15.8 Å². The minimum atomic E-state index is -0.119. The monoisotopic (exact) mass is 266 g/mol. The first-order valence-electron chi connectivity index (χ1n) is 6.04. The van der Waals surface area contributed by atoms with Crippen LogP contribution in [0.15, 0.2) is 18.2 Å². The molecular formula is C13H18N2O2S. The van der Waals surface area contributed by atoms with Crippen LogP contribution in [-0.4, -0.2) is 30.6 Å². The van der Waals surface area contributed by atoms with Gasteiger partial charge in [0.25, 0.3) is 5.91 Å². The van der Waals surface area contributed by atoms with Crippen LogP contribution in [0.4, 0.5) is 5.69 Å². The van der Waals surface area contributed by atoms with E-state index < -0.39 is 0 Å². The number of thioether (sulfide) groups is 1. The SMILES string of the molecule is COc1c(N)cccc1C(=O)NCC1CCCS1. The summed E-state index contributed by atoms with van der Waals surface area (Å²) < 4.78 is 5.18. The van der Waals surface area contributed by atoms with Crippen molar-refractivity contribution in [2.75, 3.05) is 25.1 Å². The summed E-state index contributed by atoms with van der Waals surface area (Å²) in [5.41, 5.74) is 6.77. The van der Waals surface area contributed by atoms with Crippen LogP contribution in [0.2, 0.25) is 0 Å². The Morgan fingerprint density at radius 3 is 3.11 bits per heavy atom. The third-order valence-electron chi connectivity index (χ3n) is 3.01. The number of nitrogens with two attached hydrogens (primary N) is 1. The molecule has 1 aliphatic heterocycles. The first kappa shape index (κ1) is 13.1. The molecule has 1 aromatic carbocycles. The van der Waals surface area contributed by atoms with E-state index in [1.807, 2.05) is 11.8 Å². The molecule has 2 rings (SSSR count). The largest absolute Gasteiger partial charge is 0.494 e. The first-order valence-corrected chi connectivity index (χ1v) is 7.09. The number of methoxy groups -OCH3 is 1. The number of benzene rings is 1. The van der Waals surface area contributed by atoms with Crippen LogP contribution in [0.1, 0.15) is 23.2 Å². The van der Waals surface area contributed by atoms with E-state index in [1.54, 1.807) is 18.2 Å². The Kier molecular flexibility index (Phi) is 4.36. The average Bonchev–Trinajstić information content (AvgIpc) is 2.88. The normalized spacial score (nSPS) is 18.6. The van der Waals surface area contributed by atoms with Crippen LogP contribution in [0.3, 0.4) is 0 Å². The maximum atomic E-state index is 12.1. The fourth-order valence-corrected chi connectivity index (χ4v) is 3.27. The fourth-order valence-electron chi connectivity index (χ4n) is 2.07. The van der Waals surface area contributed by atoms with Gasteiger partial charge in [-0.15, -0.1) is 0 Å². The van der Waals surface area contributed by atoms with Gasteiger partial charge in [-0.05, 0) is 30.7 Å². The summed E-state index contributed by atoms with van der Waals surface area (Å²) in [5, 5.41) is 3.49. The van der Waals surface area contributed by atoms with Gasteiger partial charge in [0.15, 0.2) is 5.75 Å². The number of ether oxygens (including phenoxy) is 1. The van der Waals surface area contributed by atoms with Crippen LogP contribution >= 0.6 is 11.8 Å². The molecule has 1 heterocycles. The summed E-state index contributed by atoms with van der Waals surface area (Å²) in [5.74, 6) is 1.53. The second-order valence-electron chi connectivity index (χ2n) is 4.27. The lowest BCUT2D eigenvalue weighted by Crippen LogP contribution is -2.30. The van der Waals surface area contributed by atoms with Crippen molar-refractivity contribution in [1.29, 1.82) is 0 Å². The summed E-state index contributed by atoms with van der Waals surface area (Å²) in [6.45, 7) is 0.710. The highest BCUT2D eigenvalue weighted by Crippen LogP contribution is 2.27. The molecule has 0 aliphatic carbocycles. The zero-order valence-electron chi connectivity index (χ0n) is 10.4. The number of carbonyl (C=O) groups is 1. The molecule has 0 aromatic heterocycles. The molecule has 1 amide bonds. The average molecular weight is 266 g/mol. The number of nitrogens with one attached hydrogen (secondary N) is 1. The van der Waals surface area contributed by atoms with Crippen molar-refractivity contribution in [2.24, 2.45) is 0 Å². The second kappa shape index (κ2) is 6.00. The zero-order valence-corrected chi connectivity index (χ0v) is 11.3. The van der Waals surface area contributed by atoms with E-state index in [-0.39, 0.29) is 5.91 Å². The lowest BCUT2D eigenvalue weighted by Gasteiger charge is -2.13. The van der Waals surface area contributed by atoms with Crippen LogP contribution in [0.25, 0.3) is 0 Å². The highest BCUT2D eigenvalue weighted by Gasteiger charge is 2.18. The van der Waals surface area contributed by atoms with Crippen molar-refractivity contribution in [3.8, 4) is 5.75 Å². The van der Waals surface area contributed by atoms with Gasteiger partial charge < -0.3 is 15.8 Å². The van der Waals surface area contributed by atoms with E-state index in [4.69, 9.17) is 10.5 Å². The fraction of sp³-hybridized carbons (Fsp3) is 0.462. The van der Waals surface area contributed by atoms with Crippen LogP contribution in [0, 0.1) is 0 Å². The molecule has 0 spiro atoms. The molecule has 1 aromatic rings. The van der Waals surface area contributed by atoms with Crippen LogP contribution in [0.5, 0.6) is 5.75 Å². The number of nitrogen functional groups attached to an aromatic ring is 1. The molecule has 1 saturated heterocycles. The highest BCUT2D eigenvalue weighted by molar-refractivity contribution is 8.00. The van der Waals surface area contributed by atoms with E-state index >= 15 is 0 Å². The predicted molar refractivity (Wildman–Crippen MR) is 75.2 cm³/mol. The van der Waals surface area contributed by atoms with Gasteiger partial charge in [0.1, 0.15) is 0 Å². The molecule has 0 radical (unpaired) electrons. The van der Waals surface area contributed by atoms with Gasteiger partial charge in [0, 0.05) is 11.8 Å². The Balaban J connectivity index is 2.01. The summed E-state index contributed by atoms with van der Waals surface area (Å²) >= 11 is 1.92. The topological polar surface area (TPSA) is 64.3 Å². The lowest BCUT2D eigenvalue weighted by atomic mass is 10.1. The van der Waals surface area contributed by atoms with E-state index in [1.165, 1.54) is 25.7 Å². The van der Waals surface area contributed by atoms with Gasteiger partial charge in [-0.25, -0.2) is 0 Å². The number of amides is 1. The third-order valence-corrected chi connectivity index (χ3v) is 4.41. The predicted octanol–water partition coefficient (Wildman–Crippen LogP) is 1.90. The van der Waals surface area contributed by atoms with Crippen molar-refractivity contribution >= 4 is 23.4 Å². The Bertz CT molecular complexity index is 431. The second-order valence-corrected chi connectivity index (χ2v) is 5.68. The van der Waals surface area contributed by atoms with Gasteiger partial charge in [-0.3, -0.25) is 4.79 Å². The Morgan fingerprint density at radius 2 is 2.44 bits per heavy atom. The molecule has 98 valence electrons. The Morgan fingerprint density at radius 1 is 1.61 bits per heavy atom. The standard InChI is InChI=1S/C13H18N2O2S/c1-17-12-10(5-2-6-11(12)14)13(16)15-8-9-4-3-7-18-9/h2,5-6,9H,3-4,7-8,14H2,1H3,(H,15,16). The molecule has 1 fully saturated rings. The van der Waals surface area contributed by atoms with Gasteiger partial charge >= 0.3 is 0 Å². The smallest absolute Gasteiger partial charge is 0.255 e. The molecule has 18 heavy (non-hydrogen) atoms. The van der Waals surface area contributed by atoms with E-state index in [9.17, 15) is 4.79 Å². The number of carbonyl (C=O) groups excluding carboxylic acids is 1. The number of rotatable bonds is 4. The third kappa shape index (κ3) is 2.90. The van der Waals surface area contributed by atoms with Crippen molar-refractivity contribution in [3.05, 3.63) is 23.8 Å². The first-order chi connectivity index (χ1) is 8.72. The molecule has 1 atom stereocenters. The molecular weight excluding hydrogens is 248 g/mol. The zero-order chi connectivity index (χ0) is 13.0. The minimum Gasteiger partial charge on any atom is -0.494 e. The Labute approximate surface area is 111 Å². The maximum Gasteiger partial charge on any atom is 0.255 e. The Hall–Kier alpha value is -1.36. The summed E-state index contributed by atoms with van der Waals surface area (Å²) in [4.78, 5) is 12.1. The number of hydrogen-bond donors (Lipinski definition) is 2. The van der Waals surface area contributed by atoms with E-state index in [0.717, 1.165) is 0 Å². The van der Waals surface area contributed by atoms with Crippen molar-refractivity contribution < 1.29 is 9.53 Å². The van der Waals surface area contributed by atoms with Gasteiger partial charge in [-0.2, -0.15) is 11.8 Å². The highest BCUT2D eigenvalue weighted by atomic mass is 32.2. The molecule has 1 aliphatic rings. The maximum absolute atomic E-state index is 12.1. The molecule has 5 heteroatoms. The van der Waals surface area contributed by atoms with Crippen molar-refractivity contribution in [3.63, 3.8) is 0 Å². The summed E-state index contributed by atoms with van der Waals surface area (Å²) in [6.07, 6.45) is 2.42. The number of hydrogen-bond acceptors (Lipinski definition) is 4. The molecule has 0 saturated carbocycles. The van der Waals surface area contributed by atoms with Gasteiger partial charge in [-0.1, -0.05) is 6.07 Å². The minimum absolute atomic E-state index is 0.119. The molecule has 4 nitrogen and oxygen atoms in total. The summed E-state index contributed by atoms with van der Waals surface area (Å²) in [6, 6.07) is 5.21. The van der Waals surface area contributed by atoms with Crippen LogP contribution in [-0.2, 0) is 0 Å². The van der Waals surface area contributed by atoms with Gasteiger partial charge in [0.05, 0.1) is 18.4 Å². The summed E-state index contributed by atoms with van der Waals surface area (Å²) in [7, 11) is 1.52. The van der Waals surface area contributed by atoms with E-state index in [2.05, 4.69) is 5.32 Å². The quantitative estimate of drug-likeness (QED) is 0.817. The van der Waals surface area contributed by atoms with E-state index in [0.29, 0.717) is 28.8 Å². The molecule has 1 unspecified atom stereocenters. The van der Waals surface area contributed by atoms with Crippen molar-refractivity contribution in [1.82, 2.24) is 5.32 Å². The van der Waals surface area contributed by atoms with Crippen molar-refractivity contribution in [2.45, 2.75) is 18.1 Å². The number of anilines is 1. The number of para-hydroxylation sites is 1. The molecule has 0 bridgehead atoms. The molecule has 3 N–H and O–H groups in total.